The van der Waals surface area contributed by atoms with E-state index in [1.54, 1.807) is 0 Å². The van der Waals surface area contributed by atoms with E-state index in [1.807, 2.05) is 60.7 Å². The van der Waals surface area contributed by atoms with Crippen LogP contribution in [0, 0.1) is 0 Å². The van der Waals surface area contributed by atoms with Gasteiger partial charge in [-0.3, -0.25) is 4.79 Å². The molecule has 5 heterocycles. The summed E-state index contributed by atoms with van der Waals surface area (Å²) in [6, 6.07) is 15.9. The van der Waals surface area contributed by atoms with Crippen LogP contribution in [0.4, 0.5) is 0 Å². The number of rotatable bonds is 1. The molecule has 4 aromatic heterocycles. The van der Waals surface area contributed by atoms with Gasteiger partial charge in [0.05, 0.1) is 16.6 Å². The van der Waals surface area contributed by atoms with E-state index >= 15 is 0 Å². The normalized spacial score (nSPS) is 12.8. The number of carbonyl (C=O) groups excluding carboxylic acids is 1. The number of carbonyl (C=O) groups is 1. The fourth-order valence-electron chi connectivity index (χ4n) is 3.28. The average Bonchev–Trinajstić information content (AvgIpc) is 3.39. The van der Waals surface area contributed by atoms with Gasteiger partial charge in [-0.25, -0.2) is 0 Å². The van der Waals surface area contributed by atoms with Crippen molar-refractivity contribution in [2.45, 2.75) is 0 Å². The molecule has 0 amide bonds. The maximum Gasteiger partial charge on any atom is 0.154 e. The lowest BCUT2D eigenvalue weighted by Crippen LogP contribution is -2.14. The second-order valence-corrected chi connectivity index (χ2v) is 6.36. The highest BCUT2D eigenvalue weighted by molar-refractivity contribution is 6.05. The Morgan fingerprint density at radius 3 is 1.85 bits per heavy atom. The van der Waals surface area contributed by atoms with Gasteiger partial charge in [0.25, 0.3) is 0 Å². The minimum absolute atomic E-state index is 0.601. The van der Waals surface area contributed by atoms with Gasteiger partial charge in [0, 0.05) is 33.1 Å². The van der Waals surface area contributed by atoms with Crippen molar-refractivity contribution in [3.63, 3.8) is 0 Å². The summed E-state index contributed by atoms with van der Waals surface area (Å²) in [5, 5.41) is 3.73. The SMILES string of the molecule is O=CC1=c2ccc([nH]2)=Cc2ccc([nH]2)C=c2ccc([nH]2)=Cc2ccc1[nH]2. The van der Waals surface area contributed by atoms with Crippen LogP contribution in [0.5, 0.6) is 0 Å². The molecule has 8 bridgehead atoms. The van der Waals surface area contributed by atoms with Crippen LogP contribution in [0.1, 0.15) is 22.8 Å². The Morgan fingerprint density at radius 1 is 0.577 bits per heavy atom. The largest absolute Gasteiger partial charge is 0.355 e. The molecule has 4 aromatic rings. The lowest BCUT2D eigenvalue weighted by atomic mass is 10.2. The molecular formula is C21H16N4O. The standard InChI is InChI=1S/C21H16N4O/c26-12-19-20-7-5-17(24-20)10-15-3-1-13(22-15)9-14-2-4-16(23-14)11-18-6-8-21(19)25-18/h1-12,22-25H. The summed E-state index contributed by atoms with van der Waals surface area (Å²) in [6.45, 7) is 0. The Morgan fingerprint density at radius 2 is 1.15 bits per heavy atom. The van der Waals surface area contributed by atoms with E-state index in [0.29, 0.717) is 5.57 Å². The monoisotopic (exact) mass is 340 g/mol. The fraction of sp³-hybridized carbons (Fsp3) is 0. The highest BCUT2D eigenvalue weighted by Gasteiger charge is 2.05. The smallest absolute Gasteiger partial charge is 0.154 e. The second kappa shape index (κ2) is 5.67. The highest BCUT2D eigenvalue weighted by Crippen LogP contribution is 2.09. The molecule has 0 aliphatic carbocycles. The van der Waals surface area contributed by atoms with E-state index in [0.717, 1.165) is 50.5 Å². The summed E-state index contributed by atoms with van der Waals surface area (Å²) < 4.78 is 0. The Bertz CT molecular complexity index is 1360. The van der Waals surface area contributed by atoms with Crippen molar-refractivity contribution < 1.29 is 4.79 Å². The number of aromatic amines is 4. The number of H-pyrrole nitrogens is 4. The van der Waals surface area contributed by atoms with Crippen LogP contribution in [0.3, 0.4) is 0 Å². The number of aromatic nitrogens is 4. The Labute approximate surface area is 148 Å². The zero-order valence-electron chi connectivity index (χ0n) is 13.8. The zero-order valence-corrected chi connectivity index (χ0v) is 13.8. The van der Waals surface area contributed by atoms with Crippen LogP contribution in [0.15, 0.2) is 48.5 Å². The van der Waals surface area contributed by atoms with Gasteiger partial charge in [0.15, 0.2) is 6.29 Å². The molecule has 126 valence electrons. The molecule has 26 heavy (non-hydrogen) atoms. The molecule has 0 saturated carbocycles. The number of hydrogen-bond donors (Lipinski definition) is 4. The summed E-state index contributed by atoms with van der Waals surface area (Å²) in [5.41, 5.74) is 4.33. The van der Waals surface area contributed by atoms with Gasteiger partial charge in [-0.2, -0.15) is 0 Å². The zero-order chi connectivity index (χ0) is 17.5. The van der Waals surface area contributed by atoms with Crippen molar-refractivity contribution in [3.05, 3.63) is 92.7 Å². The molecule has 0 atom stereocenters. The van der Waals surface area contributed by atoms with Crippen molar-refractivity contribution in [3.8, 4) is 0 Å². The highest BCUT2D eigenvalue weighted by atomic mass is 16.1. The quantitative estimate of drug-likeness (QED) is 0.367. The van der Waals surface area contributed by atoms with Crippen molar-refractivity contribution >= 4 is 30.1 Å². The average molecular weight is 340 g/mol. The molecule has 5 heteroatoms. The van der Waals surface area contributed by atoms with E-state index in [4.69, 9.17) is 0 Å². The molecule has 1 aliphatic heterocycles. The van der Waals surface area contributed by atoms with E-state index in [2.05, 4.69) is 26.0 Å². The van der Waals surface area contributed by atoms with Gasteiger partial charge in [-0.15, -0.1) is 0 Å². The van der Waals surface area contributed by atoms with E-state index in [-0.39, 0.29) is 0 Å². The van der Waals surface area contributed by atoms with Crippen LogP contribution in [-0.2, 0) is 4.79 Å². The van der Waals surface area contributed by atoms with Gasteiger partial charge in [-0.05, 0) is 66.8 Å². The van der Waals surface area contributed by atoms with Crippen molar-refractivity contribution in [2.24, 2.45) is 0 Å². The Hall–Kier alpha value is -3.73. The van der Waals surface area contributed by atoms with Crippen LogP contribution in [0.25, 0.3) is 23.8 Å². The summed E-state index contributed by atoms with van der Waals surface area (Å²) in [6.07, 6.45) is 6.98. The van der Waals surface area contributed by atoms with Crippen molar-refractivity contribution in [2.75, 3.05) is 0 Å². The first-order chi connectivity index (χ1) is 12.8. The van der Waals surface area contributed by atoms with Gasteiger partial charge < -0.3 is 19.9 Å². The second-order valence-electron chi connectivity index (χ2n) is 6.36. The van der Waals surface area contributed by atoms with E-state index < -0.39 is 0 Å². The minimum atomic E-state index is 0.601. The van der Waals surface area contributed by atoms with Gasteiger partial charge >= 0.3 is 0 Å². The third kappa shape index (κ3) is 2.56. The molecule has 1 aliphatic rings. The topological polar surface area (TPSA) is 80.2 Å². The van der Waals surface area contributed by atoms with Crippen LogP contribution in [0.2, 0.25) is 0 Å². The summed E-state index contributed by atoms with van der Waals surface area (Å²) >= 11 is 0. The number of fused-ring (bicyclic) bond motifs is 8. The van der Waals surface area contributed by atoms with Crippen LogP contribution in [-0.4, -0.2) is 26.2 Å². The molecule has 0 saturated heterocycles. The number of aldehydes is 1. The maximum atomic E-state index is 11.7. The minimum Gasteiger partial charge on any atom is -0.355 e. The van der Waals surface area contributed by atoms with Crippen LogP contribution < -0.4 is 21.4 Å². The first kappa shape index (κ1) is 14.6. The molecule has 0 aromatic carbocycles. The Balaban J connectivity index is 1.84. The predicted octanol–water partition coefficient (Wildman–Crippen LogP) is 0.197. The lowest BCUT2D eigenvalue weighted by Gasteiger charge is -1.94. The third-order valence-electron chi connectivity index (χ3n) is 4.51. The summed E-state index contributed by atoms with van der Waals surface area (Å²) in [5.74, 6) is 0. The van der Waals surface area contributed by atoms with Crippen molar-refractivity contribution in [1.82, 2.24) is 19.9 Å². The molecule has 0 spiro atoms. The van der Waals surface area contributed by atoms with Gasteiger partial charge in [0.1, 0.15) is 0 Å². The summed E-state index contributed by atoms with van der Waals surface area (Å²) in [4.78, 5) is 25.1. The van der Waals surface area contributed by atoms with Crippen molar-refractivity contribution in [1.29, 1.82) is 0 Å². The molecule has 0 unspecified atom stereocenters. The molecule has 0 radical (unpaired) electrons. The lowest BCUT2D eigenvalue weighted by molar-refractivity contribution is -0.103. The fourth-order valence-corrected chi connectivity index (χ4v) is 3.28. The molecule has 4 N–H and O–H groups in total. The Kier molecular flexibility index (Phi) is 3.18. The van der Waals surface area contributed by atoms with Gasteiger partial charge in [0.2, 0.25) is 0 Å². The molecule has 0 fully saturated rings. The molecule has 5 nitrogen and oxygen atoms in total. The number of nitrogens with one attached hydrogen (secondary N) is 4. The van der Waals surface area contributed by atoms with Gasteiger partial charge in [-0.1, -0.05) is 0 Å². The predicted molar refractivity (Wildman–Crippen MR) is 101 cm³/mol. The van der Waals surface area contributed by atoms with Crippen LogP contribution >= 0.6 is 0 Å². The van der Waals surface area contributed by atoms with E-state index in [1.165, 1.54) is 0 Å². The van der Waals surface area contributed by atoms with E-state index in [9.17, 15) is 4.79 Å². The summed E-state index contributed by atoms with van der Waals surface area (Å²) in [7, 11) is 0. The number of hydrogen-bond acceptors (Lipinski definition) is 1. The molecular weight excluding hydrogens is 324 g/mol. The first-order valence-electron chi connectivity index (χ1n) is 8.40. The third-order valence-corrected chi connectivity index (χ3v) is 4.51. The molecule has 5 rings (SSSR count). The maximum absolute atomic E-state index is 11.7. The first-order valence-corrected chi connectivity index (χ1v) is 8.40.